The van der Waals surface area contributed by atoms with Gasteiger partial charge < -0.3 is 10.1 Å². The lowest BCUT2D eigenvalue weighted by molar-refractivity contribution is -0.0156. The van der Waals surface area contributed by atoms with Gasteiger partial charge in [0, 0.05) is 25.7 Å². The number of nitrogens with one attached hydrogen (secondary N) is 1. The average molecular weight is 200 g/mol. The summed E-state index contributed by atoms with van der Waals surface area (Å²) in [5.74, 6) is 0. The molecular weight excluding hydrogens is 176 g/mol. The van der Waals surface area contributed by atoms with Crippen LogP contribution >= 0.6 is 0 Å². The zero-order valence-corrected chi connectivity index (χ0v) is 9.97. The van der Waals surface area contributed by atoms with E-state index in [-0.39, 0.29) is 0 Å². The summed E-state index contributed by atoms with van der Waals surface area (Å²) >= 11 is 0. The fraction of sp³-hybridized carbons (Fsp3) is 1.00. The number of hydrogen-bond donors (Lipinski definition) is 1. The van der Waals surface area contributed by atoms with E-state index in [4.69, 9.17) is 4.74 Å². The zero-order valence-electron chi connectivity index (χ0n) is 9.97. The van der Waals surface area contributed by atoms with Gasteiger partial charge in [0.05, 0.1) is 13.2 Å². The van der Waals surface area contributed by atoms with E-state index in [0.29, 0.717) is 11.5 Å². The quantitative estimate of drug-likeness (QED) is 0.731. The molecule has 1 saturated heterocycles. The standard InChI is InChI=1S/C11H24N2O/c1-10-7-14-6-5-13(10)9-11(2,3)8-12-4/h10,12H,5-9H2,1-4H3. The smallest absolute Gasteiger partial charge is 0.0619 e. The summed E-state index contributed by atoms with van der Waals surface area (Å²) in [4.78, 5) is 2.53. The van der Waals surface area contributed by atoms with E-state index >= 15 is 0 Å². The molecular formula is C11H24N2O. The molecule has 1 rings (SSSR count). The first-order chi connectivity index (χ1) is 6.55. The molecule has 1 fully saturated rings. The molecule has 1 aliphatic rings. The Hall–Kier alpha value is -0.120. The Morgan fingerprint density at radius 3 is 2.79 bits per heavy atom. The molecule has 0 aromatic heterocycles. The highest BCUT2D eigenvalue weighted by Gasteiger charge is 2.26. The number of rotatable bonds is 4. The summed E-state index contributed by atoms with van der Waals surface area (Å²) in [5.41, 5.74) is 0.348. The summed E-state index contributed by atoms with van der Waals surface area (Å²) in [5, 5.41) is 3.25. The molecule has 0 bridgehead atoms. The fourth-order valence-electron chi connectivity index (χ4n) is 2.08. The third-order valence-electron chi connectivity index (χ3n) is 2.79. The van der Waals surface area contributed by atoms with Gasteiger partial charge in [-0.15, -0.1) is 0 Å². The van der Waals surface area contributed by atoms with Crippen molar-refractivity contribution in [3.05, 3.63) is 0 Å². The van der Waals surface area contributed by atoms with Crippen LogP contribution in [0.25, 0.3) is 0 Å². The van der Waals surface area contributed by atoms with Crippen LogP contribution in [0.5, 0.6) is 0 Å². The second kappa shape index (κ2) is 5.10. The van der Waals surface area contributed by atoms with Crippen molar-refractivity contribution in [3.63, 3.8) is 0 Å². The van der Waals surface area contributed by atoms with Crippen molar-refractivity contribution >= 4 is 0 Å². The van der Waals surface area contributed by atoms with Gasteiger partial charge in [-0.2, -0.15) is 0 Å². The first kappa shape index (κ1) is 12.0. The SMILES string of the molecule is CNCC(C)(C)CN1CCOCC1C. The topological polar surface area (TPSA) is 24.5 Å². The highest BCUT2D eigenvalue weighted by atomic mass is 16.5. The minimum absolute atomic E-state index is 0.348. The second-order valence-corrected chi connectivity index (χ2v) is 5.09. The largest absolute Gasteiger partial charge is 0.379 e. The fourth-order valence-corrected chi connectivity index (χ4v) is 2.08. The van der Waals surface area contributed by atoms with E-state index in [1.54, 1.807) is 0 Å². The lowest BCUT2D eigenvalue weighted by Gasteiger charge is -2.38. The molecule has 0 radical (unpaired) electrons. The Bertz CT molecular complexity index is 171. The van der Waals surface area contributed by atoms with Gasteiger partial charge in [-0.1, -0.05) is 13.8 Å². The zero-order chi connectivity index (χ0) is 10.6. The minimum Gasteiger partial charge on any atom is -0.379 e. The highest BCUT2D eigenvalue weighted by molar-refractivity contribution is 4.80. The number of hydrogen-bond acceptors (Lipinski definition) is 3. The van der Waals surface area contributed by atoms with Gasteiger partial charge in [-0.05, 0) is 19.4 Å². The predicted molar refractivity (Wildman–Crippen MR) is 59.6 cm³/mol. The summed E-state index contributed by atoms with van der Waals surface area (Å²) in [7, 11) is 2.02. The summed E-state index contributed by atoms with van der Waals surface area (Å²) in [6.07, 6.45) is 0. The third-order valence-corrected chi connectivity index (χ3v) is 2.79. The summed E-state index contributed by atoms with van der Waals surface area (Å²) < 4.78 is 5.43. The summed E-state index contributed by atoms with van der Waals surface area (Å²) in [6.45, 7) is 11.9. The molecule has 3 heteroatoms. The Morgan fingerprint density at radius 1 is 1.50 bits per heavy atom. The number of morpholine rings is 1. The highest BCUT2D eigenvalue weighted by Crippen LogP contribution is 2.18. The maximum absolute atomic E-state index is 5.43. The lowest BCUT2D eigenvalue weighted by Crippen LogP contribution is -2.49. The van der Waals surface area contributed by atoms with Crippen LogP contribution < -0.4 is 5.32 Å². The van der Waals surface area contributed by atoms with Gasteiger partial charge in [-0.3, -0.25) is 4.90 Å². The second-order valence-electron chi connectivity index (χ2n) is 5.09. The van der Waals surface area contributed by atoms with Crippen molar-refractivity contribution in [3.8, 4) is 0 Å². The van der Waals surface area contributed by atoms with Crippen LogP contribution in [-0.4, -0.2) is 50.8 Å². The van der Waals surface area contributed by atoms with E-state index in [0.717, 1.165) is 32.8 Å². The van der Waals surface area contributed by atoms with Gasteiger partial charge >= 0.3 is 0 Å². The van der Waals surface area contributed by atoms with Crippen LogP contribution in [0, 0.1) is 5.41 Å². The molecule has 1 aliphatic heterocycles. The van der Waals surface area contributed by atoms with Gasteiger partial charge in [0.2, 0.25) is 0 Å². The Labute approximate surface area is 87.8 Å². The van der Waals surface area contributed by atoms with E-state index < -0.39 is 0 Å². The van der Waals surface area contributed by atoms with Crippen molar-refractivity contribution in [2.75, 3.05) is 39.9 Å². The average Bonchev–Trinajstić information content (AvgIpc) is 2.08. The third kappa shape index (κ3) is 3.56. The molecule has 1 N–H and O–H groups in total. The minimum atomic E-state index is 0.348. The van der Waals surface area contributed by atoms with Crippen molar-refractivity contribution in [2.45, 2.75) is 26.8 Å². The molecule has 0 saturated carbocycles. The first-order valence-electron chi connectivity index (χ1n) is 5.51. The molecule has 1 heterocycles. The maximum Gasteiger partial charge on any atom is 0.0619 e. The van der Waals surface area contributed by atoms with Crippen LogP contribution in [0.15, 0.2) is 0 Å². The van der Waals surface area contributed by atoms with E-state index in [1.807, 2.05) is 7.05 Å². The van der Waals surface area contributed by atoms with Crippen LogP contribution in [-0.2, 0) is 4.74 Å². The molecule has 0 spiro atoms. The summed E-state index contributed by atoms with van der Waals surface area (Å²) in [6, 6.07) is 0.569. The van der Waals surface area contributed by atoms with E-state index in [2.05, 4.69) is 31.0 Å². The van der Waals surface area contributed by atoms with Gasteiger partial charge in [-0.25, -0.2) is 0 Å². The van der Waals surface area contributed by atoms with Crippen LogP contribution in [0.3, 0.4) is 0 Å². The van der Waals surface area contributed by atoms with Gasteiger partial charge in [0.1, 0.15) is 0 Å². The van der Waals surface area contributed by atoms with E-state index in [1.165, 1.54) is 0 Å². The molecule has 1 unspecified atom stereocenters. The molecule has 0 aromatic carbocycles. The van der Waals surface area contributed by atoms with Crippen molar-refractivity contribution in [1.82, 2.24) is 10.2 Å². The van der Waals surface area contributed by atoms with Crippen LogP contribution in [0.1, 0.15) is 20.8 Å². The van der Waals surface area contributed by atoms with Crippen molar-refractivity contribution in [2.24, 2.45) is 5.41 Å². The first-order valence-corrected chi connectivity index (χ1v) is 5.51. The van der Waals surface area contributed by atoms with E-state index in [9.17, 15) is 0 Å². The lowest BCUT2D eigenvalue weighted by atomic mass is 9.92. The van der Waals surface area contributed by atoms with Crippen molar-refractivity contribution in [1.29, 1.82) is 0 Å². The van der Waals surface area contributed by atoms with Crippen LogP contribution in [0.2, 0.25) is 0 Å². The maximum atomic E-state index is 5.43. The Kier molecular flexibility index (Phi) is 4.35. The molecule has 1 atom stereocenters. The number of ether oxygens (including phenoxy) is 1. The molecule has 14 heavy (non-hydrogen) atoms. The van der Waals surface area contributed by atoms with Gasteiger partial charge in [0.25, 0.3) is 0 Å². The predicted octanol–water partition coefficient (Wildman–Crippen LogP) is 0.953. The molecule has 0 aromatic rings. The van der Waals surface area contributed by atoms with Gasteiger partial charge in [0.15, 0.2) is 0 Å². The van der Waals surface area contributed by atoms with Crippen LogP contribution in [0.4, 0.5) is 0 Å². The normalized spacial score (nSPS) is 25.3. The Balaban J connectivity index is 2.40. The van der Waals surface area contributed by atoms with Crippen molar-refractivity contribution < 1.29 is 4.74 Å². The number of nitrogens with zero attached hydrogens (tertiary/aromatic N) is 1. The molecule has 0 aliphatic carbocycles. The monoisotopic (exact) mass is 200 g/mol. The molecule has 0 amide bonds. The molecule has 3 nitrogen and oxygen atoms in total. The Morgan fingerprint density at radius 2 is 2.21 bits per heavy atom. The molecule has 84 valence electrons.